The van der Waals surface area contributed by atoms with E-state index in [0.717, 1.165) is 16.0 Å². The second-order valence-corrected chi connectivity index (χ2v) is 11.4. The zero-order valence-corrected chi connectivity index (χ0v) is 23.2. The minimum absolute atomic E-state index is 0.0106. The molecule has 0 atom stereocenters. The van der Waals surface area contributed by atoms with E-state index in [-0.39, 0.29) is 24.7 Å². The Kier molecular flexibility index (Phi) is 12.0. The van der Waals surface area contributed by atoms with Crippen LogP contribution in [0.25, 0.3) is 10.2 Å². The van der Waals surface area contributed by atoms with Crippen LogP contribution in [-0.2, 0) is 24.0 Å². The fraction of sp³-hybridized carbons (Fsp3) is 0.480. The van der Waals surface area contributed by atoms with Gasteiger partial charge in [-0.15, -0.1) is 10.2 Å². The molecule has 0 bridgehead atoms. The van der Waals surface area contributed by atoms with Crippen molar-refractivity contribution in [3.63, 3.8) is 0 Å². The molecule has 0 unspecified atom stereocenters. The van der Waals surface area contributed by atoms with Crippen molar-refractivity contribution in [2.45, 2.75) is 11.8 Å². The normalized spacial score (nSPS) is 12.1. The number of aryl methyl sites for hydroxylation is 1. The van der Waals surface area contributed by atoms with Crippen molar-refractivity contribution in [3.05, 3.63) is 42.0 Å². The van der Waals surface area contributed by atoms with Crippen molar-refractivity contribution < 1.29 is 32.8 Å². The maximum absolute atomic E-state index is 11.8. The summed E-state index contributed by atoms with van der Waals surface area (Å²) in [6.07, 6.45) is 1.18. The average molecular weight is 567 g/mol. The lowest BCUT2D eigenvalue weighted by Crippen LogP contribution is -2.31. The van der Waals surface area contributed by atoms with Gasteiger partial charge in [0.05, 0.1) is 73.7 Å². The van der Waals surface area contributed by atoms with Crippen LogP contribution < -0.4 is 4.90 Å². The zero-order chi connectivity index (χ0) is 27.4. The number of azo groups is 1. The third-order valence-corrected chi connectivity index (χ3v) is 7.43. The first-order valence-corrected chi connectivity index (χ1v) is 14.9. The van der Waals surface area contributed by atoms with Gasteiger partial charge in [-0.2, -0.15) is 0 Å². The molecule has 2 N–H and O–H groups in total. The van der Waals surface area contributed by atoms with Gasteiger partial charge in [-0.25, -0.2) is 13.4 Å². The highest BCUT2D eigenvalue weighted by molar-refractivity contribution is 7.90. The fourth-order valence-corrected chi connectivity index (χ4v) is 5.03. The van der Waals surface area contributed by atoms with Crippen LogP contribution in [0.5, 0.6) is 0 Å². The smallest absolute Gasteiger partial charge is 0.231 e. The quantitative estimate of drug-likeness (QED) is 0.186. The lowest BCUT2D eigenvalue weighted by molar-refractivity contribution is 0.0347. The Labute approximate surface area is 226 Å². The van der Waals surface area contributed by atoms with Crippen LogP contribution in [0, 0.1) is 6.92 Å². The third-order valence-electron chi connectivity index (χ3n) is 5.42. The van der Waals surface area contributed by atoms with Crippen LogP contribution in [-0.4, -0.2) is 95.8 Å². The second kappa shape index (κ2) is 15.2. The zero-order valence-electron chi connectivity index (χ0n) is 21.6. The Morgan fingerprint density at radius 1 is 0.895 bits per heavy atom. The summed E-state index contributed by atoms with van der Waals surface area (Å²) in [6, 6.07) is 10.7. The maximum atomic E-state index is 11.8. The molecule has 3 rings (SSSR count). The Bertz CT molecular complexity index is 1300. The molecule has 0 saturated carbocycles. The van der Waals surface area contributed by atoms with Crippen molar-refractivity contribution in [2.24, 2.45) is 10.2 Å². The lowest BCUT2D eigenvalue weighted by atomic mass is 10.1. The van der Waals surface area contributed by atoms with Gasteiger partial charge in [0.2, 0.25) is 5.13 Å². The van der Waals surface area contributed by atoms with E-state index in [1.807, 2.05) is 25.1 Å². The van der Waals surface area contributed by atoms with Crippen molar-refractivity contribution in [2.75, 3.05) is 77.1 Å². The van der Waals surface area contributed by atoms with Gasteiger partial charge in [0.1, 0.15) is 0 Å². The third kappa shape index (κ3) is 9.34. The minimum Gasteiger partial charge on any atom is -0.394 e. The summed E-state index contributed by atoms with van der Waals surface area (Å²) in [5, 5.41) is 26.8. The molecule has 0 aliphatic carbocycles. The molecule has 11 nitrogen and oxygen atoms in total. The SMILES string of the molecule is Cc1cc(N(CCOCCO)CCOCCOCCO)ccc1N=Nc1nc2ccc(S(C)(=O)=O)cc2s1. The summed E-state index contributed by atoms with van der Waals surface area (Å²) < 4.78 is 40.7. The molecule has 1 heterocycles. The van der Waals surface area contributed by atoms with Crippen LogP contribution in [0.3, 0.4) is 0 Å². The van der Waals surface area contributed by atoms with Gasteiger partial charge >= 0.3 is 0 Å². The van der Waals surface area contributed by atoms with Crippen LogP contribution >= 0.6 is 11.3 Å². The highest BCUT2D eigenvalue weighted by Crippen LogP contribution is 2.32. The molecule has 208 valence electrons. The van der Waals surface area contributed by atoms with E-state index in [1.54, 1.807) is 12.1 Å². The second-order valence-electron chi connectivity index (χ2n) is 8.34. The fourth-order valence-electron chi connectivity index (χ4n) is 3.48. The first-order chi connectivity index (χ1) is 18.3. The molecule has 0 aliphatic heterocycles. The van der Waals surface area contributed by atoms with E-state index in [1.165, 1.54) is 23.7 Å². The van der Waals surface area contributed by atoms with E-state index in [2.05, 4.69) is 20.1 Å². The van der Waals surface area contributed by atoms with Crippen LogP contribution in [0.4, 0.5) is 16.5 Å². The summed E-state index contributed by atoms with van der Waals surface area (Å²) in [5.74, 6) is 0. The predicted octanol–water partition coefficient (Wildman–Crippen LogP) is 3.26. The Balaban J connectivity index is 1.66. The molecule has 0 aliphatic rings. The first kappa shape index (κ1) is 30.0. The van der Waals surface area contributed by atoms with Crippen molar-refractivity contribution in [3.8, 4) is 0 Å². The molecule has 0 amide bonds. The summed E-state index contributed by atoms with van der Waals surface area (Å²) in [5.41, 5.74) is 3.26. The van der Waals surface area contributed by atoms with Gasteiger partial charge in [-0.05, 0) is 48.9 Å². The predicted molar refractivity (Wildman–Crippen MR) is 147 cm³/mol. The van der Waals surface area contributed by atoms with E-state index >= 15 is 0 Å². The van der Waals surface area contributed by atoms with E-state index in [4.69, 9.17) is 24.4 Å². The number of benzene rings is 2. The molecule has 0 saturated heterocycles. The summed E-state index contributed by atoms with van der Waals surface area (Å²) >= 11 is 1.28. The standard InChI is InChI=1S/C25H34N4O7S2/c1-19-17-20(29(7-11-34-13-9-30)8-12-35-15-16-36-14-10-31)3-5-22(19)27-28-25-26-23-6-4-21(38(2,32)33)18-24(23)37-25/h3-6,17-18,30-31H,7-16H2,1-2H3. The van der Waals surface area contributed by atoms with Gasteiger partial charge in [0.15, 0.2) is 9.84 Å². The molecular formula is C25H34N4O7S2. The van der Waals surface area contributed by atoms with Crippen molar-refractivity contribution in [1.29, 1.82) is 0 Å². The van der Waals surface area contributed by atoms with Gasteiger partial charge in [0, 0.05) is 25.0 Å². The number of sulfone groups is 1. The Hall–Kier alpha value is -2.52. The van der Waals surface area contributed by atoms with Gasteiger partial charge in [-0.1, -0.05) is 11.3 Å². The molecular weight excluding hydrogens is 532 g/mol. The van der Waals surface area contributed by atoms with Crippen LogP contribution in [0.1, 0.15) is 5.56 Å². The number of ether oxygens (including phenoxy) is 3. The molecule has 13 heteroatoms. The maximum Gasteiger partial charge on any atom is 0.231 e. The van der Waals surface area contributed by atoms with E-state index in [0.29, 0.717) is 62.5 Å². The first-order valence-electron chi connectivity index (χ1n) is 12.1. The minimum atomic E-state index is -3.30. The van der Waals surface area contributed by atoms with Crippen molar-refractivity contribution in [1.82, 2.24) is 4.98 Å². The largest absolute Gasteiger partial charge is 0.394 e. The van der Waals surface area contributed by atoms with Gasteiger partial charge in [-0.3, -0.25) is 0 Å². The molecule has 2 aromatic carbocycles. The number of nitrogens with zero attached hydrogens (tertiary/aromatic N) is 4. The van der Waals surface area contributed by atoms with Crippen LogP contribution in [0.2, 0.25) is 0 Å². The topological polar surface area (TPSA) is 143 Å². The van der Waals surface area contributed by atoms with Gasteiger partial charge in [0.25, 0.3) is 0 Å². The number of hydrogen-bond donors (Lipinski definition) is 2. The number of anilines is 1. The summed E-state index contributed by atoms with van der Waals surface area (Å²) in [4.78, 5) is 6.81. The molecule has 0 fully saturated rings. The number of thiazole rings is 1. The van der Waals surface area contributed by atoms with Crippen molar-refractivity contribution >= 4 is 47.9 Å². The molecule has 0 radical (unpaired) electrons. The van der Waals surface area contributed by atoms with E-state index in [9.17, 15) is 8.42 Å². The average Bonchev–Trinajstić information content (AvgIpc) is 3.30. The van der Waals surface area contributed by atoms with Crippen LogP contribution in [0.15, 0.2) is 51.5 Å². The number of rotatable bonds is 17. The highest BCUT2D eigenvalue weighted by atomic mass is 32.2. The molecule has 1 aromatic heterocycles. The molecule has 3 aromatic rings. The monoisotopic (exact) mass is 566 g/mol. The number of aliphatic hydroxyl groups is 2. The van der Waals surface area contributed by atoms with Gasteiger partial charge < -0.3 is 29.3 Å². The number of aliphatic hydroxyl groups excluding tert-OH is 2. The summed E-state index contributed by atoms with van der Waals surface area (Å²) in [6.45, 7) is 5.55. The number of aromatic nitrogens is 1. The van der Waals surface area contributed by atoms with E-state index < -0.39 is 9.84 Å². The number of fused-ring (bicyclic) bond motifs is 1. The lowest BCUT2D eigenvalue weighted by Gasteiger charge is -2.25. The molecule has 38 heavy (non-hydrogen) atoms. The Morgan fingerprint density at radius 2 is 1.55 bits per heavy atom. The molecule has 0 spiro atoms. The number of hydrogen-bond acceptors (Lipinski definition) is 12. The highest BCUT2D eigenvalue weighted by Gasteiger charge is 2.12. The Morgan fingerprint density at radius 3 is 2.18 bits per heavy atom. The summed E-state index contributed by atoms with van der Waals surface area (Å²) in [7, 11) is -3.30.